The van der Waals surface area contributed by atoms with Crippen molar-refractivity contribution in [2.75, 3.05) is 27.2 Å². The van der Waals surface area contributed by atoms with Crippen LogP contribution < -0.4 is 10.1 Å². The standard InChI is InChI=1S/C21H27F3N4O2/c1-4-28-19(21(22,23)24)17(13-26-28)20(29)25-12-15-6-5-11-27(2)18(15)14-7-9-16(30-3)10-8-14/h7-10,13,15,18H,4-6,11-12H2,1-3H3,(H,25,29). The fourth-order valence-electron chi connectivity index (χ4n) is 4.21. The number of nitrogens with one attached hydrogen (secondary N) is 1. The number of carbonyl (C=O) groups excluding carboxylic acids is 1. The summed E-state index contributed by atoms with van der Waals surface area (Å²) in [5.74, 6) is 0.0927. The van der Waals surface area contributed by atoms with Crippen LogP contribution in [0.3, 0.4) is 0 Å². The number of aryl methyl sites for hydroxylation is 1. The molecule has 6 nitrogen and oxygen atoms in total. The molecule has 9 heteroatoms. The van der Waals surface area contributed by atoms with Gasteiger partial charge in [0.25, 0.3) is 5.91 Å². The number of likely N-dealkylation sites (tertiary alicyclic amines) is 1. The molecule has 164 valence electrons. The van der Waals surface area contributed by atoms with Crippen molar-refractivity contribution < 1.29 is 22.7 Å². The number of halogens is 3. The van der Waals surface area contributed by atoms with Crippen molar-refractivity contribution in [2.24, 2.45) is 5.92 Å². The summed E-state index contributed by atoms with van der Waals surface area (Å²) < 4.78 is 46.3. The Bertz CT molecular complexity index is 864. The third kappa shape index (κ3) is 4.61. The van der Waals surface area contributed by atoms with Crippen LogP contribution in [0.4, 0.5) is 13.2 Å². The molecule has 2 unspecified atom stereocenters. The highest BCUT2D eigenvalue weighted by atomic mass is 19.4. The third-order valence-corrected chi connectivity index (χ3v) is 5.64. The maximum atomic E-state index is 13.4. The van der Waals surface area contributed by atoms with Crippen LogP contribution in [-0.2, 0) is 12.7 Å². The first kappa shape index (κ1) is 22.1. The van der Waals surface area contributed by atoms with E-state index in [1.54, 1.807) is 14.0 Å². The van der Waals surface area contributed by atoms with Gasteiger partial charge in [0.1, 0.15) is 5.75 Å². The van der Waals surface area contributed by atoms with Gasteiger partial charge in [0.05, 0.1) is 18.9 Å². The quantitative estimate of drug-likeness (QED) is 0.768. The highest BCUT2D eigenvalue weighted by molar-refractivity contribution is 5.95. The zero-order valence-corrected chi connectivity index (χ0v) is 17.4. The molecule has 0 saturated carbocycles. The molecule has 3 rings (SSSR count). The lowest BCUT2D eigenvalue weighted by Gasteiger charge is -2.39. The summed E-state index contributed by atoms with van der Waals surface area (Å²) in [6, 6.07) is 7.83. The molecule has 1 aliphatic rings. The third-order valence-electron chi connectivity index (χ3n) is 5.64. The number of benzene rings is 1. The Morgan fingerprint density at radius 1 is 1.30 bits per heavy atom. The molecule has 1 N–H and O–H groups in total. The summed E-state index contributed by atoms with van der Waals surface area (Å²) in [5.41, 5.74) is -0.350. The smallest absolute Gasteiger partial charge is 0.433 e. The van der Waals surface area contributed by atoms with Gasteiger partial charge in [0.15, 0.2) is 5.69 Å². The minimum atomic E-state index is -4.64. The van der Waals surface area contributed by atoms with Crippen molar-refractivity contribution in [1.82, 2.24) is 20.0 Å². The Hall–Kier alpha value is -2.55. The normalized spacial score (nSPS) is 20.2. The number of nitrogens with zero attached hydrogens (tertiary/aromatic N) is 3. The van der Waals surface area contributed by atoms with Crippen LogP contribution in [0.5, 0.6) is 5.75 Å². The number of hydrogen-bond donors (Lipinski definition) is 1. The van der Waals surface area contributed by atoms with Gasteiger partial charge in [-0.2, -0.15) is 18.3 Å². The number of rotatable bonds is 6. The first-order valence-corrected chi connectivity index (χ1v) is 10.0. The van der Waals surface area contributed by atoms with Crippen LogP contribution in [-0.4, -0.2) is 47.8 Å². The van der Waals surface area contributed by atoms with E-state index in [-0.39, 0.29) is 25.0 Å². The number of methoxy groups -OCH3 is 1. The van der Waals surface area contributed by atoms with Gasteiger partial charge in [0.2, 0.25) is 0 Å². The first-order chi connectivity index (χ1) is 14.3. The van der Waals surface area contributed by atoms with Gasteiger partial charge in [0, 0.05) is 19.1 Å². The van der Waals surface area contributed by atoms with Crippen molar-refractivity contribution in [3.63, 3.8) is 0 Å². The summed E-state index contributed by atoms with van der Waals surface area (Å²) in [6.07, 6.45) is -1.81. The Balaban J connectivity index is 1.76. The van der Waals surface area contributed by atoms with Crippen LogP contribution in [0.15, 0.2) is 30.5 Å². The molecule has 1 aromatic carbocycles. The number of alkyl halides is 3. The van der Waals surface area contributed by atoms with Gasteiger partial charge in [-0.1, -0.05) is 12.1 Å². The van der Waals surface area contributed by atoms with Crippen molar-refractivity contribution in [2.45, 2.75) is 38.5 Å². The molecule has 1 fully saturated rings. The van der Waals surface area contributed by atoms with Crippen LogP contribution in [0.2, 0.25) is 0 Å². The Morgan fingerprint density at radius 3 is 2.60 bits per heavy atom. The number of ether oxygens (including phenoxy) is 1. The maximum absolute atomic E-state index is 13.4. The van der Waals surface area contributed by atoms with E-state index in [1.807, 2.05) is 31.3 Å². The highest BCUT2D eigenvalue weighted by Gasteiger charge is 2.40. The van der Waals surface area contributed by atoms with Crippen LogP contribution in [0.25, 0.3) is 0 Å². The van der Waals surface area contributed by atoms with Gasteiger partial charge in [-0.15, -0.1) is 0 Å². The van der Waals surface area contributed by atoms with Gasteiger partial charge in [-0.25, -0.2) is 0 Å². The van der Waals surface area contributed by atoms with E-state index in [0.29, 0.717) is 0 Å². The lowest BCUT2D eigenvalue weighted by atomic mass is 9.85. The van der Waals surface area contributed by atoms with E-state index >= 15 is 0 Å². The number of hydrogen-bond acceptors (Lipinski definition) is 4. The van der Waals surface area contributed by atoms with Gasteiger partial charge in [-0.05, 0) is 57.0 Å². The second-order valence-corrected chi connectivity index (χ2v) is 7.53. The topological polar surface area (TPSA) is 59.4 Å². The molecule has 1 aromatic heterocycles. The van der Waals surface area contributed by atoms with Crippen molar-refractivity contribution >= 4 is 5.91 Å². The molecule has 1 aliphatic heterocycles. The molecule has 0 aliphatic carbocycles. The molecule has 0 radical (unpaired) electrons. The van der Waals surface area contributed by atoms with Crippen molar-refractivity contribution in [3.8, 4) is 5.75 Å². The number of piperidine rings is 1. The molecule has 2 aromatic rings. The van der Waals surface area contributed by atoms with E-state index in [4.69, 9.17) is 4.74 Å². The van der Waals surface area contributed by atoms with Gasteiger partial charge in [-0.3, -0.25) is 14.4 Å². The van der Waals surface area contributed by atoms with Crippen molar-refractivity contribution in [3.05, 3.63) is 47.3 Å². The molecular weight excluding hydrogens is 397 g/mol. The fraction of sp³-hybridized carbons (Fsp3) is 0.524. The Morgan fingerprint density at radius 2 is 2.00 bits per heavy atom. The molecule has 2 atom stereocenters. The maximum Gasteiger partial charge on any atom is 0.433 e. The minimum Gasteiger partial charge on any atom is -0.497 e. The Kier molecular flexibility index (Phi) is 6.70. The summed E-state index contributed by atoms with van der Waals surface area (Å²) in [5, 5.41) is 6.44. The van der Waals surface area contributed by atoms with Crippen LogP contribution in [0.1, 0.15) is 47.4 Å². The average molecular weight is 424 g/mol. The second-order valence-electron chi connectivity index (χ2n) is 7.53. The summed E-state index contributed by atoms with van der Waals surface area (Å²) in [6.45, 7) is 2.80. The SMILES string of the molecule is CCn1ncc(C(=O)NCC2CCCN(C)C2c2ccc(OC)cc2)c1C(F)(F)F. The predicted molar refractivity (Wildman–Crippen MR) is 106 cm³/mol. The molecule has 2 heterocycles. The number of amides is 1. The summed E-state index contributed by atoms with van der Waals surface area (Å²) in [4.78, 5) is 14.8. The molecule has 0 bridgehead atoms. The largest absolute Gasteiger partial charge is 0.497 e. The van der Waals surface area contributed by atoms with E-state index in [0.717, 1.165) is 41.6 Å². The monoisotopic (exact) mass is 424 g/mol. The molecule has 30 heavy (non-hydrogen) atoms. The summed E-state index contributed by atoms with van der Waals surface area (Å²) in [7, 11) is 3.63. The lowest BCUT2D eigenvalue weighted by molar-refractivity contribution is -0.144. The molecule has 0 spiro atoms. The van der Waals surface area contributed by atoms with E-state index in [1.165, 1.54) is 0 Å². The molecular formula is C21H27F3N4O2. The van der Waals surface area contributed by atoms with Crippen LogP contribution >= 0.6 is 0 Å². The molecule has 1 saturated heterocycles. The van der Waals surface area contributed by atoms with E-state index in [2.05, 4.69) is 15.3 Å². The van der Waals surface area contributed by atoms with E-state index in [9.17, 15) is 18.0 Å². The number of carbonyl (C=O) groups is 1. The zero-order valence-electron chi connectivity index (χ0n) is 17.4. The Labute approximate surface area is 174 Å². The van der Waals surface area contributed by atoms with Gasteiger partial charge >= 0.3 is 6.18 Å². The fourth-order valence-corrected chi connectivity index (χ4v) is 4.21. The molecule has 1 amide bonds. The average Bonchev–Trinajstić information content (AvgIpc) is 3.17. The second kappa shape index (κ2) is 9.07. The predicted octanol–water partition coefficient (Wildman–Crippen LogP) is 3.74. The van der Waals surface area contributed by atoms with E-state index < -0.39 is 23.3 Å². The summed E-state index contributed by atoms with van der Waals surface area (Å²) >= 11 is 0. The zero-order chi connectivity index (χ0) is 21.9. The highest BCUT2D eigenvalue weighted by Crippen LogP contribution is 2.36. The van der Waals surface area contributed by atoms with Crippen molar-refractivity contribution in [1.29, 1.82) is 0 Å². The van der Waals surface area contributed by atoms with Gasteiger partial charge < -0.3 is 10.1 Å². The first-order valence-electron chi connectivity index (χ1n) is 10.0. The lowest BCUT2D eigenvalue weighted by Crippen LogP contribution is -2.42. The minimum absolute atomic E-state index is 0.0368. The van der Waals surface area contributed by atoms with Crippen LogP contribution in [0, 0.1) is 5.92 Å². The number of aromatic nitrogens is 2.